The SMILES string of the molecule is COC(=O)NNC(=S)NC(=O)Cc1ccc(Cl)cc1. The molecule has 0 aliphatic heterocycles. The first kappa shape index (κ1) is 15.2. The highest BCUT2D eigenvalue weighted by molar-refractivity contribution is 7.80. The molecule has 1 rings (SSSR count). The number of thiocarbonyl (C=S) groups is 1. The van der Waals surface area contributed by atoms with Gasteiger partial charge < -0.3 is 10.1 Å². The fourth-order valence-corrected chi connectivity index (χ4v) is 1.44. The van der Waals surface area contributed by atoms with E-state index < -0.39 is 6.09 Å². The van der Waals surface area contributed by atoms with E-state index in [9.17, 15) is 9.59 Å². The molecule has 19 heavy (non-hydrogen) atoms. The summed E-state index contributed by atoms with van der Waals surface area (Å²) in [5.74, 6) is -0.313. The number of halogens is 1. The Morgan fingerprint density at radius 1 is 1.26 bits per heavy atom. The van der Waals surface area contributed by atoms with Gasteiger partial charge in [-0.1, -0.05) is 23.7 Å². The van der Waals surface area contributed by atoms with Gasteiger partial charge in [0.25, 0.3) is 0 Å². The average molecular weight is 302 g/mol. The van der Waals surface area contributed by atoms with Crippen LogP contribution in [0.5, 0.6) is 0 Å². The van der Waals surface area contributed by atoms with Crippen molar-refractivity contribution in [3.8, 4) is 0 Å². The summed E-state index contributed by atoms with van der Waals surface area (Å²) in [5, 5.41) is 2.98. The van der Waals surface area contributed by atoms with Gasteiger partial charge >= 0.3 is 6.09 Å². The maximum Gasteiger partial charge on any atom is 0.425 e. The van der Waals surface area contributed by atoms with Crippen LogP contribution in [0.15, 0.2) is 24.3 Å². The minimum atomic E-state index is -0.714. The zero-order valence-corrected chi connectivity index (χ0v) is 11.6. The molecule has 2 amide bonds. The molecular weight excluding hydrogens is 290 g/mol. The molecule has 3 N–H and O–H groups in total. The number of nitrogens with one attached hydrogen (secondary N) is 3. The summed E-state index contributed by atoms with van der Waals surface area (Å²) in [6, 6.07) is 6.87. The molecule has 8 heteroatoms. The predicted octanol–water partition coefficient (Wildman–Crippen LogP) is 1.14. The van der Waals surface area contributed by atoms with Crippen molar-refractivity contribution in [3.63, 3.8) is 0 Å². The summed E-state index contributed by atoms with van der Waals surface area (Å²) in [6.45, 7) is 0. The van der Waals surface area contributed by atoms with Gasteiger partial charge in [0.2, 0.25) is 5.91 Å². The summed E-state index contributed by atoms with van der Waals surface area (Å²) in [6.07, 6.45) is -0.564. The lowest BCUT2D eigenvalue weighted by atomic mass is 10.1. The molecule has 0 saturated heterocycles. The fourth-order valence-electron chi connectivity index (χ4n) is 1.15. The van der Waals surface area contributed by atoms with Gasteiger partial charge in [0.15, 0.2) is 5.11 Å². The highest BCUT2D eigenvalue weighted by atomic mass is 35.5. The van der Waals surface area contributed by atoms with Crippen molar-refractivity contribution >= 4 is 40.9 Å². The molecule has 1 aromatic rings. The second-order valence-corrected chi connectivity index (χ2v) is 4.27. The smallest absolute Gasteiger partial charge is 0.425 e. The summed E-state index contributed by atoms with van der Waals surface area (Å²) < 4.78 is 4.32. The van der Waals surface area contributed by atoms with Gasteiger partial charge in [-0.25, -0.2) is 10.2 Å². The maximum atomic E-state index is 11.6. The number of hydrogen-bond donors (Lipinski definition) is 3. The third-order valence-corrected chi connectivity index (χ3v) is 2.45. The molecule has 0 fully saturated rings. The van der Waals surface area contributed by atoms with Crippen molar-refractivity contribution in [2.45, 2.75) is 6.42 Å². The quantitative estimate of drug-likeness (QED) is 0.564. The Morgan fingerprint density at radius 3 is 2.47 bits per heavy atom. The van der Waals surface area contributed by atoms with Gasteiger partial charge in [-0.2, -0.15) is 0 Å². The number of amides is 2. The second-order valence-electron chi connectivity index (χ2n) is 3.42. The largest absolute Gasteiger partial charge is 0.452 e. The number of benzene rings is 1. The molecule has 0 aliphatic rings. The fraction of sp³-hybridized carbons (Fsp3) is 0.182. The lowest BCUT2D eigenvalue weighted by Crippen LogP contribution is -2.48. The van der Waals surface area contributed by atoms with Crippen LogP contribution in [0.4, 0.5) is 4.79 Å². The van der Waals surface area contributed by atoms with Gasteiger partial charge in [0, 0.05) is 5.02 Å². The first-order chi connectivity index (χ1) is 9.01. The van der Waals surface area contributed by atoms with E-state index in [-0.39, 0.29) is 17.4 Å². The van der Waals surface area contributed by atoms with Crippen molar-refractivity contribution in [2.75, 3.05) is 7.11 Å². The molecule has 0 unspecified atom stereocenters. The van der Waals surface area contributed by atoms with Gasteiger partial charge in [-0.15, -0.1) is 0 Å². The number of ether oxygens (including phenoxy) is 1. The average Bonchev–Trinajstić information content (AvgIpc) is 2.38. The molecule has 1 aromatic carbocycles. The lowest BCUT2D eigenvalue weighted by molar-refractivity contribution is -0.119. The van der Waals surface area contributed by atoms with Crippen molar-refractivity contribution < 1.29 is 14.3 Å². The molecule has 0 bridgehead atoms. The number of rotatable bonds is 2. The summed E-state index contributed by atoms with van der Waals surface area (Å²) >= 11 is 10.5. The highest BCUT2D eigenvalue weighted by Crippen LogP contribution is 2.09. The standard InChI is InChI=1S/C11H12ClN3O3S/c1-18-11(17)15-14-10(19)13-9(16)6-7-2-4-8(12)5-3-7/h2-5H,6H2,1H3,(H,15,17)(H2,13,14,16,19). The molecule has 0 radical (unpaired) electrons. The van der Waals surface area contributed by atoms with Gasteiger partial charge in [-0.3, -0.25) is 10.2 Å². The number of hydrazine groups is 1. The van der Waals surface area contributed by atoms with Crippen molar-refractivity contribution in [2.24, 2.45) is 0 Å². The Labute approximate surface area is 120 Å². The van der Waals surface area contributed by atoms with Crippen LogP contribution in [0.25, 0.3) is 0 Å². The molecule has 0 saturated carbocycles. The molecule has 0 heterocycles. The Balaban J connectivity index is 2.36. The summed E-state index contributed by atoms with van der Waals surface area (Å²) in [4.78, 5) is 22.4. The Bertz CT molecular complexity index is 479. The second kappa shape index (κ2) is 7.55. The van der Waals surface area contributed by atoms with Crippen LogP contribution >= 0.6 is 23.8 Å². The van der Waals surface area contributed by atoms with E-state index in [1.54, 1.807) is 24.3 Å². The minimum Gasteiger partial charge on any atom is -0.452 e. The third kappa shape index (κ3) is 6.03. The first-order valence-electron chi connectivity index (χ1n) is 5.19. The summed E-state index contributed by atoms with van der Waals surface area (Å²) in [5.41, 5.74) is 5.23. The van der Waals surface area contributed by atoms with Gasteiger partial charge in [0.05, 0.1) is 13.5 Å². The Kier molecular flexibility index (Phi) is 6.04. The number of hydrogen-bond acceptors (Lipinski definition) is 4. The third-order valence-electron chi connectivity index (χ3n) is 1.99. The summed E-state index contributed by atoms with van der Waals surface area (Å²) in [7, 11) is 1.21. The van der Waals surface area contributed by atoms with Crippen LogP contribution in [-0.4, -0.2) is 24.2 Å². The minimum absolute atomic E-state index is 0.0237. The lowest BCUT2D eigenvalue weighted by Gasteiger charge is -2.09. The molecule has 102 valence electrons. The predicted molar refractivity (Wildman–Crippen MR) is 74.6 cm³/mol. The van der Waals surface area contributed by atoms with E-state index >= 15 is 0 Å². The highest BCUT2D eigenvalue weighted by Gasteiger charge is 2.06. The number of carbonyl (C=O) groups excluding carboxylic acids is 2. The van der Waals surface area contributed by atoms with E-state index in [1.807, 2.05) is 0 Å². The normalized spacial score (nSPS) is 9.37. The van der Waals surface area contributed by atoms with E-state index in [0.717, 1.165) is 5.56 Å². The molecule has 0 aliphatic carbocycles. The molecule has 0 spiro atoms. The van der Waals surface area contributed by atoms with Crippen molar-refractivity contribution in [3.05, 3.63) is 34.9 Å². The maximum absolute atomic E-state index is 11.6. The molecule has 0 atom stereocenters. The van der Waals surface area contributed by atoms with E-state index in [4.69, 9.17) is 23.8 Å². The van der Waals surface area contributed by atoms with Crippen LogP contribution in [0.3, 0.4) is 0 Å². The molecular formula is C11H12ClN3O3S. The topological polar surface area (TPSA) is 79.5 Å². The van der Waals surface area contributed by atoms with E-state index in [1.165, 1.54) is 7.11 Å². The van der Waals surface area contributed by atoms with Crippen LogP contribution in [0.1, 0.15) is 5.56 Å². The van der Waals surface area contributed by atoms with Crippen molar-refractivity contribution in [1.29, 1.82) is 0 Å². The zero-order chi connectivity index (χ0) is 14.3. The molecule has 6 nitrogen and oxygen atoms in total. The Hall–Kier alpha value is -1.86. The van der Waals surface area contributed by atoms with Gasteiger partial charge in [0.1, 0.15) is 0 Å². The van der Waals surface area contributed by atoms with Crippen molar-refractivity contribution in [1.82, 2.24) is 16.2 Å². The first-order valence-corrected chi connectivity index (χ1v) is 5.98. The van der Waals surface area contributed by atoms with Crippen LogP contribution in [0.2, 0.25) is 5.02 Å². The van der Waals surface area contributed by atoms with Gasteiger partial charge in [-0.05, 0) is 29.9 Å². The van der Waals surface area contributed by atoms with E-state index in [2.05, 4.69) is 20.9 Å². The van der Waals surface area contributed by atoms with E-state index in [0.29, 0.717) is 5.02 Å². The monoisotopic (exact) mass is 301 g/mol. The number of methoxy groups -OCH3 is 1. The Morgan fingerprint density at radius 2 is 1.89 bits per heavy atom. The zero-order valence-electron chi connectivity index (χ0n) is 10.0. The molecule has 0 aromatic heterocycles. The number of carbonyl (C=O) groups is 2. The van der Waals surface area contributed by atoms with Crippen LogP contribution < -0.4 is 16.2 Å². The van der Waals surface area contributed by atoms with Crippen LogP contribution in [-0.2, 0) is 16.0 Å². The van der Waals surface area contributed by atoms with Crippen LogP contribution in [0, 0.1) is 0 Å².